The minimum Gasteiger partial charge on any atom is -0.489 e. The summed E-state index contributed by atoms with van der Waals surface area (Å²) in [4.78, 5) is 15.1. The van der Waals surface area contributed by atoms with Gasteiger partial charge in [-0.1, -0.05) is 60.1 Å². The molecule has 6 heteroatoms. The van der Waals surface area contributed by atoms with Crippen molar-refractivity contribution in [3.63, 3.8) is 0 Å². The molecule has 0 amide bonds. The van der Waals surface area contributed by atoms with E-state index >= 15 is 0 Å². The molecule has 0 radical (unpaired) electrons. The lowest BCUT2D eigenvalue weighted by molar-refractivity contribution is -0.139. The van der Waals surface area contributed by atoms with Crippen molar-refractivity contribution in [3.8, 4) is 5.75 Å². The molecule has 4 aromatic rings. The van der Waals surface area contributed by atoms with Crippen LogP contribution in [0.1, 0.15) is 16.7 Å². The number of carboxylic acid groups (broad SMARTS) is 1. The van der Waals surface area contributed by atoms with E-state index < -0.39 is 12.0 Å². The highest BCUT2D eigenvalue weighted by Crippen LogP contribution is 2.22. The fourth-order valence-electron chi connectivity index (χ4n) is 3.58. The van der Waals surface area contributed by atoms with Crippen LogP contribution < -0.4 is 10.1 Å². The van der Waals surface area contributed by atoms with E-state index in [9.17, 15) is 9.90 Å². The molecule has 0 saturated heterocycles. The molecule has 0 spiro atoms. The van der Waals surface area contributed by atoms with Gasteiger partial charge in [0.2, 0.25) is 0 Å². The maximum Gasteiger partial charge on any atom is 0.321 e. The quantitative estimate of drug-likeness (QED) is 0.339. The molecule has 3 N–H and O–H groups in total. The first-order valence-electron chi connectivity index (χ1n) is 10.1. The maximum absolute atomic E-state index is 11.9. The van der Waals surface area contributed by atoms with Crippen molar-refractivity contribution in [3.05, 3.63) is 101 Å². The summed E-state index contributed by atoms with van der Waals surface area (Å²) in [5, 5.41) is 14.6. The van der Waals surface area contributed by atoms with E-state index in [4.69, 9.17) is 16.3 Å². The van der Waals surface area contributed by atoms with E-state index in [1.165, 1.54) is 0 Å². The van der Waals surface area contributed by atoms with E-state index in [0.717, 1.165) is 27.6 Å². The summed E-state index contributed by atoms with van der Waals surface area (Å²) >= 11 is 6.04. The van der Waals surface area contributed by atoms with Gasteiger partial charge in [-0.3, -0.25) is 10.1 Å². The number of hydrogen-bond donors (Lipinski definition) is 3. The van der Waals surface area contributed by atoms with Crippen molar-refractivity contribution in [1.29, 1.82) is 0 Å². The molecule has 0 aliphatic rings. The number of fused-ring (bicyclic) bond motifs is 1. The molecular weight excluding hydrogens is 412 g/mol. The van der Waals surface area contributed by atoms with E-state index in [0.29, 0.717) is 30.3 Å². The van der Waals surface area contributed by atoms with Crippen molar-refractivity contribution in [2.75, 3.05) is 0 Å². The van der Waals surface area contributed by atoms with Gasteiger partial charge in [0.05, 0.1) is 0 Å². The maximum atomic E-state index is 11.9. The first-order chi connectivity index (χ1) is 15.1. The van der Waals surface area contributed by atoms with Gasteiger partial charge in [-0.25, -0.2) is 0 Å². The molecule has 0 unspecified atom stereocenters. The topological polar surface area (TPSA) is 74.3 Å². The number of hydrogen-bond acceptors (Lipinski definition) is 3. The third kappa shape index (κ3) is 5.26. The van der Waals surface area contributed by atoms with Gasteiger partial charge in [0.1, 0.15) is 18.4 Å². The highest BCUT2D eigenvalue weighted by Gasteiger charge is 2.20. The van der Waals surface area contributed by atoms with Crippen LogP contribution in [0.4, 0.5) is 0 Å². The number of ether oxygens (including phenoxy) is 1. The summed E-state index contributed by atoms with van der Waals surface area (Å²) in [6.45, 7) is 0.764. The Labute approximate surface area is 185 Å². The standard InChI is InChI=1S/C25H23ClN2O3/c26-20-8-5-6-17(12-20)16-31-24-11-4-1-7-18(24)14-28-23(25(29)30)13-19-15-27-22-10-3-2-9-21(19)22/h1-12,15,23,27-28H,13-14,16H2,(H,29,30)/t23-/m0/s1. The third-order valence-corrected chi connectivity index (χ3v) is 5.43. The first-order valence-corrected chi connectivity index (χ1v) is 10.4. The van der Waals surface area contributed by atoms with Gasteiger partial charge in [-0.15, -0.1) is 0 Å². The number of para-hydroxylation sites is 2. The molecule has 31 heavy (non-hydrogen) atoms. The Morgan fingerprint density at radius 3 is 2.68 bits per heavy atom. The summed E-state index contributed by atoms with van der Waals surface area (Å²) in [5.41, 5.74) is 3.84. The molecule has 0 bridgehead atoms. The summed E-state index contributed by atoms with van der Waals surface area (Å²) in [6.07, 6.45) is 2.26. The molecular formula is C25H23ClN2O3. The second-order valence-electron chi connectivity index (χ2n) is 7.36. The van der Waals surface area contributed by atoms with Crippen LogP contribution in [-0.4, -0.2) is 22.1 Å². The smallest absolute Gasteiger partial charge is 0.321 e. The van der Waals surface area contributed by atoms with Crippen LogP contribution in [0, 0.1) is 0 Å². The Morgan fingerprint density at radius 1 is 1.03 bits per heavy atom. The van der Waals surface area contributed by atoms with Gasteiger partial charge < -0.3 is 14.8 Å². The van der Waals surface area contributed by atoms with E-state index in [-0.39, 0.29) is 0 Å². The molecule has 1 heterocycles. The Morgan fingerprint density at radius 2 is 1.84 bits per heavy atom. The largest absolute Gasteiger partial charge is 0.489 e. The number of nitrogens with one attached hydrogen (secondary N) is 2. The summed E-state index contributed by atoms with van der Waals surface area (Å²) in [7, 11) is 0. The SMILES string of the molecule is O=C(O)[C@H](Cc1c[nH]c2ccccc12)NCc1ccccc1OCc1cccc(Cl)c1. The van der Waals surface area contributed by atoms with Crippen molar-refractivity contribution < 1.29 is 14.6 Å². The lowest BCUT2D eigenvalue weighted by Crippen LogP contribution is -2.38. The monoisotopic (exact) mass is 434 g/mol. The van der Waals surface area contributed by atoms with Crippen molar-refractivity contribution in [2.45, 2.75) is 25.6 Å². The molecule has 5 nitrogen and oxygen atoms in total. The summed E-state index contributed by atoms with van der Waals surface area (Å²) in [5.74, 6) is -0.172. The second kappa shape index (κ2) is 9.69. The number of benzene rings is 3. The summed E-state index contributed by atoms with van der Waals surface area (Å²) < 4.78 is 5.98. The minimum absolute atomic E-state index is 0.380. The number of aromatic amines is 1. The number of aromatic nitrogens is 1. The van der Waals surface area contributed by atoms with Gasteiger partial charge in [0.25, 0.3) is 0 Å². The lowest BCUT2D eigenvalue weighted by atomic mass is 10.0. The van der Waals surface area contributed by atoms with E-state index in [2.05, 4.69) is 10.3 Å². The van der Waals surface area contributed by atoms with Gasteiger partial charge in [-0.05, 0) is 35.4 Å². The predicted octanol–water partition coefficient (Wildman–Crippen LogP) is 5.19. The molecule has 0 fully saturated rings. The molecule has 158 valence electrons. The Bertz CT molecular complexity index is 1190. The van der Waals surface area contributed by atoms with Crippen LogP contribution in [-0.2, 0) is 24.4 Å². The number of H-pyrrole nitrogens is 1. The lowest BCUT2D eigenvalue weighted by Gasteiger charge is -2.16. The van der Waals surface area contributed by atoms with Crippen LogP contribution in [0.15, 0.2) is 79.0 Å². The van der Waals surface area contributed by atoms with Gasteiger partial charge in [0, 0.05) is 40.7 Å². The van der Waals surface area contributed by atoms with Crippen LogP contribution >= 0.6 is 11.6 Å². The van der Waals surface area contributed by atoms with Gasteiger partial charge in [0.15, 0.2) is 0 Å². The fourth-order valence-corrected chi connectivity index (χ4v) is 3.79. The highest BCUT2D eigenvalue weighted by molar-refractivity contribution is 6.30. The molecule has 3 aromatic carbocycles. The van der Waals surface area contributed by atoms with E-state index in [1.54, 1.807) is 0 Å². The van der Waals surface area contributed by atoms with Crippen LogP contribution in [0.5, 0.6) is 5.75 Å². The Balaban J connectivity index is 1.43. The normalized spacial score (nSPS) is 12.0. The minimum atomic E-state index is -0.886. The van der Waals surface area contributed by atoms with E-state index in [1.807, 2.05) is 79.0 Å². The first kappa shape index (κ1) is 21.0. The van der Waals surface area contributed by atoms with Gasteiger partial charge in [-0.2, -0.15) is 0 Å². The number of carboxylic acids is 1. The van der Waals surface area contributed by atoms with Crippen LogP contribution in [0.25, 0.3) is 10.9 Å². The number of halogens is 1. The molecule has 1 aromatic heterocycles. The molecule has 0 aliphatic carbocycles. The average molecular weight is 435 g/mol. The Hall–Kier alpha value is -3.28. The van der Waals surface area contributed by atoms with Crippen molar-refractivity contribution >= 4 is 28.5 Å². The zero-order valence-corrected chi connectivity index (χ0v) is 17.6. The van der Waals surface area contributed by atoms with Gasteiger partial charge >= 0.3 is 5.97 Å². The molecule has 1 atom stereocenters. The van der Waals surface area contributed by atoms with Crippen molar-refractivity contribution in [1.82, 2.24) is 10.3 Å². The van der Waals surface area contributed by atoms with Crippen LogP contribution in [0.3, 0.4) is 0 Å². The number of carbonyl (C=O) groups is 1. The second-order valence-corrected chi connectivity index (χ2v) is 7.80. The fraction of sp³-hybridized carbons (Fsp3) is 0.160. The summed E-state index contributed by atoms with van der Waals surface area (Å²) in [6, 6.07) is 22.3. The zero-order chi connectivity index (χ0) is 21.6. The average Bonchev–Trinajstić information content (AvgIpc) is 3.18. The molecule has 0 saturated carbocycles. The Kier molecular flexibility index (Phi) is 6.55. The molecule has 4 rings (SSSR count). The van der Waals surface area contributed by atoms with Crippen LogP contribution in [0.2, 0.25) is 5.02 Å². The highest BCUT2D eigenvalue weighted by atomic mass is 35.5. The third-order valence-electron chi connectivity index (χ3n) is 5.19. The molecule has 0 aliphatic heterocycles. The van der Waals surface area contributed by atoms with Crippen molar-refractivity contribution in [2.24, 2.45) is 0 Å². The number of aliphatic carboxylic acids is 1. The number of rotatable bonds is 9. The zero-order valence-electron chi connectivity index (χ0n) is 16.8. The predicted molar refractivity (Wildman–Crippen MR) is 122 cm³/mol.